The van der Waals surface area contributed by atoms with Gasteiger partial charge in [0.1, 0.15) is 6.04 Å². The zero-order valence-corrected chi connectivity index (χ0v) is 9.60. The number of hydrogen-bond donors (Lipinski definition) is 2. The fourth-order valence-corrected chi connectivity index (χ4v) is 0.955. The molecule has 0 bridgehead atoms. The van der Waals surface area contributed by atoms with Gasteiger partial charge in [0, 0.05) is 0 Å². The maximum Gasteiger partial charge on any atom is 1.00 e. The number of rotatable bonds is 3. The van der Waals surface area contributed by atoms with Crippen LogP contribution in [-0.4, -0.2) is 17.1 Å². The minimum Gasteiger partial charge on any atom is -1.00 e. The molecule has 0 aromatic heterocycles. The molecule has 0 amide bonds. The van der Waals surface area contributed by atoms with Gasteiger partial charge in [0.05, 0.1) is 0 Å². The Labute approximate surface area is 101 Å². The van der Waals surface area contributed by atoms with E-state index < -0.39 is 12.0 Å². The third-order valence-electron chi connectivity index (χ3n) is 1.62. The third kappa shape index (κ3) is 4.43. The minimum atomic E-state index is -0.959. The maximum absolute atomic E-state index is 10.4. The molecule has 0 aliphatic heterocycles. The first-order valence-corrected chi connectivity index (χ1v) is 3.72. The van der Waals surface area contributed by atoms with Crippen molar-refractivity contribution < 1.29 is 40.9 Å². The van der Waals surface area contributed by atoms with Crippen LogP contribution in [0.5, 0.6) is 0 Å². The normalized spacial score (nSPS) is 11.5. The quantitative estimate of drug-likeness (QED) is 0.528. The largest absolute Gasteiger partial charge is 1.00 e. The first-order chi connectivity index (χ1) is 5.70. The number of carboxylic acid groups (broad SMARTS) is 1. The fourth-order valence-electron chi connectivity index (χ4n) is 0.955. The Balaban J connectivity index is 0. The average Bonchev–Trinajstić information content (AvgIpc) is 2.06. The van der Waals surface area contributed by atoms with Crippen molar-refractivity contribution in [3.8, 4) is 0 Å². The van der Waals surface area contributed by atoms with Gasteiger partial charge in [0.2, 0.25) is 0 Å². The van der Waals surface area contributed by atoms with Gasteiger partial charge in [-0.05, 0) is 12.0 Å². The van der Waals surface area contributed by atoms with Crippen molar-refractivity contribution in [2.75, 3.05) is 0 Å². The van der Waals surface area contributed by atoms with Crippen LogP contribution < -0.4 is 35.3 Å². The van der Waals surface area contributed by atoms with Gasteiger partial charge >= 0.3 is 35.5 Å². The molecule has 0 aliphatic carbocycles. The van der Waals surface area contributed by atoms with Gasteiger partial charge in [-0.2, -0.15) is 0 Å². The summed E-state index contributed by atoms with van der Waals surface area (Å²) in [5.41, 5.74) is 6.30. The number of hydrogen-bond acceptors (Lipinski definition) is 2. The van der Waals surface area contributed by atoms with Crippen molar-refractivity contribution in [1.29, 1.82) is 0 Å². The standard InChI is InChI=1S/C9H11NO2.Na.H/c10-8(9(11)12)6-7-4-2-1-3-5-7;;/h1-5,8H,6,10H2,(H,11,12);;/q;+1;-1/t8-;;/m0../s1. The zero-order valence-electron chi connectivity index (χ0n) is 8.60. The van der Waals surface area contributed by atoms with Crippen LogP contribution in [0.15, 0.2) is 30.3 Å². The molecule has 1 rings (SSSR count). The first kappa shape index (κ1) is 12.7. The van der Waals surface area contributed by atoms with Gasteiger partial charge in [-0.3, -0.25) is 4.79 Å². The number of aliphatic carboxylic acids is 1. The van der Waals surface area contributed by atoms with Crippen LogP contribution in [0.25, 0.3) is 0 Å². The van der Waals surface area contributed by atoms with E-state index in [1.54, 1.807) is 0 Å². The molecule has 1 atom stereocenters. The number of benzene rings is 1. The Kier molecular flexibility index (Phi) is 5.99. The maximum atomic E-state index is 10.4. The van der Waals surface area contributed by atoms with Gasteiger partial charge in [0.25, 0.3) is 0 Å². The van der Waals surface area contributed by atoms with Crippen molar-refractivity contribution in [2.24, 2.45) is 5.73 Å². The molecule has 0 aliphatic rings. The summed E-state index contributed by atoms with van der Waals surface area (Å²) >= 11 is 0. The Bertz CT molecular complexity index is 269. The Morgan fingerprint density at radius 3 is 2.46 bits per heavy atom. The number of nitrogens with two attached hydrogens (primary N) is 1. The van der Waals surface area contributed by atoms with Crippen LogP contribution in [0.1, 0.15) is 6.99 Å². The molecule has 3 nitrogen and oxygen atoms in total. The number of carboxylic acids is 1. The molecule has 4 heteroatoms. The molecule has 0 unspecified atom stereocenters. The Morgan fingerprint density at radius 2 is 2.00 bits per heavy atom. The van der Waals surface area contributed by atoms with Crippen molar-refractivity contribution in [1.82, 2.24) is 0 Å². The molecule has 0 saturated carbocycles. The van der Waals surface area contributed by atoms with E-state index in [9.17, 15) is 4.79 Å². The minimum absolute atomic E-state index is 0. The van der Waals surface area contributed by atoms with Gasteiger partial charge in [-0.25, -0.2) is 0 Å². The van der Waals surface area contributed by atoms with E-state index in [1.807, 2.05) is 30.3 Å². The average molecular weight is 189 g/mol. The van der Waals surface area contributed by atoms with Gasteiger partial charge in [-0.1, -0.05) is 30.3 Å². The van der Waals surface area contributed by atoms with E-state index in [0.29, 0.717) is 6.42 Å². The summed E-state index contributed by atoms with van der Waals surface area (Å²) in [6.07, 6.45) is 0.385. The molecule has 13 heavy (non-hydrogen) atoms. The molecule has 1 aromatic rings. The van der Waals surface area contributed by atoms with Crippen LogP contribution in [0.4, 0.5) is 0 Å². The molecule has 0 saturated heterocycles. The van der Waals surface area contributed by atoms with Crippen molar-refractivity contribution in [3.05, 3.63) is 35.9 Å². The van der Waals surface area contributed by atoms with Crippen LogP contribution in [0.2, 0.25) is 0 Å². The van der Waals surface area contributed by atoms with E-state index in [2.05, 4.69) is 0 Å². The predicted molar refractivity (Wildman–Crippen MR) is 46.9 cm³/mol. The van der Waals surface area contributed by atoms with Crippen molar-refractivity contribution >= 4 is 5.97 Å². The summed E-state index contributed by atoms with van der Waals surface area (Å²) in [7, 11) is 0. The van der Waals surface area contributed by atoms with Crippen molar-refractivity contribution in [2.45, 2.75) is 12.5 Å². The molecular formula is C9H12NNaO2. The first-order valence-electron chi connectivity index (χ1n) is 3.72. The third-order valence-corrected chi connectivity index (χ3v) is 1.62. The van der Waals surface area contributed by atoms with Gasteiger partial charge in [-0.15, -0.1) is 0 Å². The second kappa shape index (κ2) is 6.16. The van der Waals surface area contributed by atoms with Gasteiger partial charge < -0.3 is 12.3 Å². The molecule has 66 valence electrons. The summed E-state index contributed by atoms with van der Waals surface area (Å²) in [5, 5.41) is 8.52. The summed E-state index contributed by atoms with van der Waals surface area (Å²) in [4.78, 5) is 10.4. The summed E-state index contributed by atoms with van der Waals surface area (Å²) in [5.74, 6) is -0.959. The van der Waals surface area contributed by atoms with Crippen LogP contribution in [-0.2, 0) is 11.2 Å². The van der Waals surface area contributed by atoms with E-state index in [0.717, 1.165) is 5.56 Å². The second-order valence-electron chi connectivity index (χ2n) is 2.63. The van der Waals surface area contributed by atoms with Crippen molar-refractivity contribution in [3.63, 3.8) is 0 Å². The zero-order chi connectivity index (χ0) is 8.97. The Morgan fingerprint density at radius 1 is 1.46 bits per heavy atom. The molecule has 0 spiro atoms. The summed E-state index contributed by atoms with van der Waals surface area (Å²) < 4.78 is 0. The van der Waals surface area contributed by atoms with Gasteiger partial charge in [0.15, 0.2) is 0 Å². The number of carbonyl (C=O) groups is 1. The molecule has 0 radical (unpaired) electrons. The summed E-state index contributed by atoms with van der Waals surface area (Å²) in [6, 6.07) is 8.54. The molecule has 3 N–H and O–H groups in total. The fraction of sp³-hybridized carbons (Fsp3) is 0.222. The van der Waals surface area contributed by atoms with Crippen LogP contribution >= 0.6 is 0 Å². The topological polar surface area (TPSA) is 63.3 Å². The molecule has 1 aromatic carbocycles. The van der Waals surface area contributed by atoms with E-state index in [1.165, 1.54) is 0 Å². The second-order valence-corrected chi connectivity index (χ2v) is 2.63. The molecule has 0 fully saturated rings. The molecular weight excluding hydrogens is 177 g/mol. The summed E-state index contributed by atoms with van der Waals surface area (Å²) in [6.45, 7) is 0. The molecule has 0 heterocycles. The van der Waals surface area contributed by atoms with E-state index in [-0.39, 0.29) is 31.0 Å². The SMILES string of the molecule is N[C@@H](Cc1ccccc1)C(=O)O.[H-].[Na+]. The smallest absolute Gasteiger partial charge is 1.00 e. The monoisotopic (exact) mass is 189 g/mol. The van der Waals surface area contributed by atoms with E-state index >= 15 is 0 Å². The van der Waals surface area contributed by atoms with Crippen LogP contribution in [0.3, 0.4) is 0 Å². The van der Waals surface area contributed by atoms with E-state index in [4.69, 9.17) is 10.8 Å². The Hall–Kier alpha value is -0.350. The predicted octanol–water partition coefficient (Wildman–Crippen LogP) is -2.24. The van der Waals surface area contributed by atoms with Crippen LogP contribution in [0, 0.1) is 0 Å².